The van der Waals surface area contributed by atoms with Gasteiger partial charge in [0.25, 0.3) is 0 Å². The Morgan fingerprint density at radius 3 is 2.95 bits per heavy atom. The molecular weight excluding hydrogens is 276 g/mol. The highest BCUT2D eigenvalue weighted by Gasteiger charge is 2.09. The van der Waals surface area contributed by atoms with Crippen molar-refractivity contribution in [3.63, 3.8) is 0 Å². The lowest BCUT2D eigenvalue weighted by Gasteiger charge is -2.06. The molecule has 1 heterocycles. The number of aromatic amines is 1. The van der Waals surface area contributed by atoms with Crippen LogP contribution in [0.2, 0.25) is 0 Å². The number of nitrogens with zero attached hydrogens (tertiary/aromatic N) is 2. The van der Waals surface area contributed by atoms with E-state index < -0.39 is 0 Å². The van der Waals surface area contributed by atoms with Crippen molar-refractivity contribution < 1.29 is 9.53 Å². The number of nitrogens with one attached hydrogen (secondary N) is 2. The summed E-state index contributed by atoms with van der Waals surface area (Å²) in [5.41, 5.74) is 2.34. The molecule has 0 spiro atoms. The number of amides is 1. The normalized spacial score (nSPS) is 10.3. The van der Waals surface area contributed by atoms with Gasteiger partial charge in [-0.2, -0.15) is 4.98 Å². The molecule has 1 aromatic heterocycles. The molecular formula is C13H16N4O2S. The lowest BCUT2D eigenvalue weighted by molar-refractivity contribution is -0.113. The second-order valence-corrected chi connectivity index (χ2v) is 5.29. The molecule has 0 atom stereocenters. The predicted octanol–water partition coefficient (Wildman–Crippen LogP) is 2.16. The molecule has 1 aromatic carbocycles. The van der Waals surface area contributed by atoms with E-state index in [2.05, 4.69) is 38.7 Å². The summed E-state index contributed by atoms with van der Waals surface area (Å²) in [6.07, 6.45) is 0. The fourth-order valence-electron chi connectivity index (χ4n) is 1.57. The largest absolute Gasteiger partial charge is 0.466 e. The minimum absolute atomic E-state index is 0.144. The number of methoxy groups -OCH3 is 1. The molecule has 0 saturated carbocycles. The first-order chi connectivity index (χ1) is 9.58. The van der Waals surface area contributed by atoms with Gasteiger partial charge in [0.15, 0.2) is 0 Å². The lowest BCUT2D eigenvalue weighted by atomic mass is 10.2. The number of benzene rings is 1. The molecule has 0 aliphatic heterocycles. The zero-order chi connectivity index (χ0) is 14.5. The summed E-state index contributed by atoms with van der Waals surface area (Å²) in [5.74, 6) is 0.455. The van der Waals surface area contributed by atoms with Crippen molar-refractivity contribution in [2.24, 2.45) is 0 Å². The van der Waals surface area contributed by atoms with Gasteiger partial charge in [0.1, 0.15) is 0 Å². The molecule has 0 saturated heterocycles. The maximum absolute atomic E-state index is 11.8. The summed E-state index contributed by atoms with van der Waals surface area (Å²) < 4.78 is 4.82. The standard InChI is InChI=1S/C13H16N4O2S/c1-8-4-5-9(2)10(6-8)20-7-11(18)14-12-15-13(19-3)17-16-12/h4-6H,7H2,1-3H3,(H2,14,15,16,17,18). The third-order valence-electron chi connectivity index (χ3n) is 2.61. The van der Waals surface area contributed by atoms with Crippen LogP contribution in [0.3, 0.4) is 0 Å². The van der Waals surface area contributed by atoms with Crippen LogP contribution in [-0.4, -0.2) is 34.0 Å². The zero-order valence-corrected chi connectivity index (χ0v) is 12.4. The van der Waals surface area contributed by atoms with Gasteiger partial charge in [0.05, 0.1) is 12.9 Å². The topological polar surface area (TPSA) is 79.9 Å². The van der Waals surface area contributed by atoms with E-state index in [0.717, 1.165) is 10.5 Å². The average Bonchev–Trinajstić information content (AvgIpc) is 2.87. The van der Waals surface area contributed by atoms with E-state index in [1.165, 1.54) is 24.4 Å². The Morgan fingerprint density at radius 2 is 2.25 bits per heavy atom. The molecule has 2 aromatic rings. The van der Waals surface area contributed by atoms with E-state index in [-0.39, 0.29) is 17.9 Å². The van der Waals surface area contributed by atoms with Crippen molar-refractivity contribution in [3.8, 4) is 6.01 Å². The van der Waals surface area contributed by atoms with Crippen LogP contribution in [0.4, 0.5) is 5.95 Å². The smallest absolute Gasteiger partial charge is 0.336 e. The monoisotopic (exact) mass is 292 g/mol. The Morgan fingerprint density at radius 1 is 1.45 bits per heavy atom. The minimum Gasteiger partial charge on any atom is -0.466 e. The molecule has 2 rings (SSSR count). The molecule has 0 radical (unpaired) electrons. The Hall–Kier alpha value is -2.02. The van der Waals surface area contributed by atoms with Gasteiger partial charge in [-0.1, -0.05) is 17.7 Å². The van der Waals surface area contributed by atoms with Crippen molar-refractivity contribution in [1.29, 1.82) is 0 Å². The molecule has 0 aliphatic rings. The molecule has 20 heavy (non-hydrogen) atoms. The molecule has 2 N–H and O–H groups in total. The summed E-state index contributed by atoms with van der Waals surface area (Å²) >= 11 is 1.50. The number of carbonyl (C=O) groups is 1. The summed E-state index contributed by atoms with van der Waals surface area (Å²) in [5, 5.41) is 8.96. The van der Waals surface area contributed by atoms with Gasteiger partial charge in [-0.25, -0.2) is 5.10 Å². The SMILES string of the molecule is COc1n[nH]c(NC(=O)CSc2cc(C)ccc2C)n1. The lowest BCUT2D eigenvalue weighted by Crippen LogP contribution is -2.15. The fraction of sp³-hybridized carbons (Fsp3) is 0.308. The molecule has 0 aliphatic carbocycles. The number of hydrogen-bond acceptors (Lipinski definition) is 5. The van der Waals surface area contributed by atoms with Gasteiger partial charge in [-0.3, -0.25) is 10.1 Å². The third-order valence-corrected chi connectivity index (χ3v) is 3.77. The molecule has 0 bridgehead atoms. The first kappa shape index (κ1) is 14.4. The summed E-state index contributed by atoms with van der Waals surface area (Å²) in [4.78, 5) is 16.9. The van der Waals surface area contributed by atoms with E-state index in [1.54, 1.807) is 0 Å². The molecule has 6 nitrogen and oxygen atoms in total. The van der Waals surface area contributed by atoms with Gasteiger partial charge in [-0.15, -0.1) is 16.9 Å². The van der Waals surface area contributed by atoms with E-state index in [4.69, 9.17) is 4.74 Å². The van der Waals surface area contributed by atoms with Crippen LogP contribution in [0.25, 0.3) is 0 Å². The van der Waals surface area contributed by atoms with Gasteiger partial charge in [-0.05, 0) is 25.5 Å². The van der Waals surface area contributed by atoms with Crippen LogP contribution < -0.4 is 10.1 Å². The second-order valence-electron chi connectivity index (χ2n) is 4.28. The minimum atomic E-state index is -0.144. The van der Waals surface area contributed by atoms with Gasteiger partial charge >= 0.3 is 6.01 Å². The third kappa shape index (κ3) is 3.74. The van der Waals surface area contributed by atoms with Crippen molar-refractivity contribution in [2.45, 2.75) is 18.7 Å². The first-order valence-electron chi connectivity index (χ1n) is 6.05. The van der Waals surface area contributed by atoms with E-state index in [9.17, 15) is 4.79 Å². The number of rotatable bonds is 5. The number of anilines is 1. The van der Waals surface area contributed by atoms with E-state index >= 15 is 0 Å². The molecule has 7 heteroatoms. The number of aromatic nitrogens is 3. The Labute approximate surface area is 121 Å². The number of carbonyl (C=O) groups excluding carboxylic acids is 1. The Kier molecular flexibility index (Phi) is 4.62. The van der Waals surface area contributed by atoms with Crippen molar-refractivity contribution >= 4 is 23.6 Å². The average molecular weight is 292 g/mol. The van der Waals surface area contributed by atoms with Crippen LogP contribution in [0.5, 0.6) is 6.01 Å². The number of H-pyrrole nitrogens is 1. The summed E-state index contributed by atoms with van der Waals surface area (Å²) in [6.45, 7) is 4.06. The van der Waals surface area contributed by atoms with Crippen LogP contribution in [0.15, 0.2) is 23.1 Å². The number of hydrogen-bond donors (Lipinski definition) is 2. The highest BCUT2D eigenvalue weighted by Crippen LogP contribution is 2.23. The zero-order valence-electron chi connectivity index (χ0n) is 11.6. The molecule has 106 valence electrons. The first-order valence-corrected chi connectivity index (χ1v) is 7.03. The predicted molar refractivity (Wildman–Crippen MR) is 78.2 cm³/mol. The maximum Gasteiger partial charge on any atom is 0.336 e. The summed E-state index contributed by atoms with van der Waals surface area (Å²) in [6, 6.07) is 6.38. The number of ether oxygens (including phenoxy) is 1. The molecule has 0 fully saturated rings. The highest BCUT2D eigenvalue weighted by atomic mass is 32.2. The van der Waals surface area contributed by atoms with Crippen molar-refractivity contribution in [1.82, 2.24) is 15.2 Å². The van der Waals surface area contributed by atoms with Crippen LogP contribution >= 0.6 is 11.8 Å². The summed E-state index contributed by atoms with van der Waals surface area (Å²) in [7, 11) is 1.46. The Balaban J connectivity index is 1.90. The van der Waals surface area contributed by atoms with E-state index in [0.29, 0.717) is 5.75 Å². The second kappa shape index (κ2) is 6.42. The van der Waals surface area contributed by atoms with Crippen molar-refractivity contribution in [2.75, 3.05) is 18.2 Å². The van der Waals surface area contributed by atoms with Gasteiger partial charge in [0.2, 0.25) is 11.9 Å². The van der Waals surface area contributed by atoms with Crippen LogP contribution in [0.1, 0.15) is 11.1 Å². The van der Waals surface area contributed by atoms with Crippen LogP contribution in [0, 0.1) is 13.8 Å². The van der Waals surface area contributed by atoms with Crippen molar-refractivity contribution in [3.05, 3.63) is 29.3 Å². The van der Waals surface area contributed by atoms with Gasteiger partial charge < -0.3 is 4.74 Å². The maximum atomic E-state index is 11.8. The Bertz CT molecular complexity index is 612. The number of thioether (sulfide) groups is 1. The fourth-order valence-corrected chi connectivity index (χ4v) is 2.49. The number of aryl methyl sites for hydroxylation is 2. The van der Waals surface area contributed by atoms with E-state index in [1.807, 2.05) is 13.8 Å². The molecule has 1 amide bonds. The highest BCUT2D eigenvalue weighted by molar-refractivity contribution is 8.00. The quantitative estimate of drug-likeness (QED) is 0.826. The van der Waals surface area contributed by atoms with Crippen LogP contribution in [-0.2, 0) is 4.79 Å². The molecule has 0 unspecified atom stereocenters. The van der Waals surface area contributed by atoms with Gasteiger partial charge in [0, 0.05) is 4.90 Å².